The third-order valence-corrected chi connectivity index (χ3v) is 5.41. The summed E-state index contributed by atoms with van der Waals surface area (Å²) in [6.45, 7) is 4.83. The Morgan fingerprint density at radius 2 is 1.93 bits per heavy atom. The summed E-state index contributed by atoms with van der Waals surface area (Å²) >= 11 is 1.34. The molecule has 0 fully saturated rings. The maximum absolute atomic E-state index is 12.8. The Labute approximate surface area is 166 Å². The van der Waals surface area contributed by atoms with Crippen LogP contribution in [0, 0.1) is 6.92 Å². The quantitative estimate of drug-likeness (QED) is 0.469. The largest absolute Gasteiger partial charge is 0.493 e. The topological polar surface area (TPSA) is 56.5 Å². The molecule has 2 heterocycles. The number of fused-ring (bicyclic) bond motifs is 1. The standard InChI is InChI=1S/C22H21N3O2S/c1-3-4-13-27-18-8-6-5-7-17(18)14-19-21(26)25-22(28-19)23-20(24-25)16-11-9-15(2)10-12-16/h5-12,14H,3-4,13H2,1-2H3/b19-14-. The zero-order chi connectivity index (χ0) is 19.5. The Bertz CT molecular complexity index is 1210. The van der Waals surface area contributed by atoms with E-state index in [-0.39, 0.29) is 5.56 Å². The van der Waals surface area contributed by atoms with Crippen LogP contribution in [-0.4, -0.2) is 21.2 Å². The number of thiazole rings is 1. The van der Waals surface area contributed by atoms with Gasteiger partial charge in [-0.1, -0.05) is 72.7 Å². The molecule has 28 heavy (non-hydrogen) atoms. The molecule has 0 saturated heterocycles. The number of rotatable bonds is 6. The van der Waals surface area contributed by atoms with Gasteiger partial charge in [0.25, 0.3) is 5.56 Å². The molecule has 4 aromatic rings. The van der Waals surface area contributed by atoms with E-state index in [4.69, 9.17) is 4.74 Å². The molecule has 0 unspecified atom stereocenters. The van der Waals surface area contributed by atoms with Crippen LogP contribution in [0.5, 0.6) is 5.75 Å². The van der Waals surface area contributed by atoms with Gasteiger partial charge in [-0.2, -0.15) is 9.50 Å². The fourth-order valence-corrected chi connectivity index (χ4v) is 3.76. The number of aryl methyl sites for hydroxylation is 1. The van der Waals surface area contributed by atoms with Crippen molar-refractivity contribution in [2.75, 3.05) is 6.61 Å². The molecular weight excluding hydrogens is 370 g/mol. The highest BCUT2D eigenvalue weighted by atomic mass is 32.1. The summed E-state index contributed by atoms with van der Waals surface area (Å²) < 4.78 is 7.84. The van der Waals surface area contributed by atoms with E-state index in [9.17, 15) is 4.79 Å². The lowest BCUT2D eigenvalue weighted by molar-refractivity contribution is 0.309. The Morgan fingerprint density at radius 3 is 2.68 bits per heavy atom. The van der Waals surface area contributed by atoms with Crippen LogP contribution in [0.1, 0.15) is 30.9 Å². The van der Waals surface area contributed by atoms with Gasteiger partial charge in [0, 0.05) is 11.1 Å². The first-order valence-corrected chi connectivity index (χ1v) is 10.2. The van der Waals surface area contributed by atoms with Gasteiger partial charge in [-0.3, -0.25) is 4.79 Å². The lowest BCUT2D eigenvalue weighted by Crippen LogP contribution is -2.23. The molecule has 0 atom stereocenters. The smallest absolute Gasteiger partial charge is 0.291 e. The van der Waals surface area contributed by atoms with E-state index in [1.807, 2.05) is 61.5 Å². The maximum Gasteiger partial charge on any atom is 0.291 e. The lowest BCUT2D eigenvalue weighted by Gasteiger charge is -2.07. The van der Waals surface area contributed by atoms with E-state index in [0.717, 1.165) is 29.7 Å². The average Bonchev–Trinajstić information content (AvgIpc) is 3.24. The molecule has 2 aromatic heterocycles. The van der Waals surface area contributed by atoms with Crippen molar-refractivity contribution in [3.8, 4) is 17.1 Å². The van der Waals surface area contributed by atoms with Crippen molar-refractivity contribution >= 4 is 22.4 Å². The number of aromatic nitrogens is 3. The number of nitrogens with zero attached hydrogens (tertiary/aromatic N) is 3. The Morgan fingerprint density at radius 1 is 1.14 bits per heavy atom. The van der Waals surface area contributed by atoms with Gasteiger partial charge in [0.15, 0.2) is 5.82 Å². The number of unbranched alkanes of at least 4 members (excludes halogenated alkanes) is 1. The van der Waals surface area contributed by atoms with Crippen molar-refractivity contribution in [1.82, 2.24) is 14.6 Å². The minimum Gasteiger partial charge on any atom is -0.493 e. The third-order valence-electron chi connectivity index (χ3n) is 4.45. The predicted molar refractivity (Wildman–Crippen MR) is 113 cm³/mol. The highest BCUT2D eigenvalue weighted by Gasteiger charge is 2.12. The molecule has 2 aromatic carbocycles. The monoisotopic (exact) mass is 391 g/mol. The van der Waals surface area contributed by atoms with Gasteiger partial charge in [-0.05, 0) is 25.5 Å². The molecule has 0 spiro atoms. The van der Waals surface area contributed by atoms with E-state index in [1.54, 1.807) is 0 Å². The first kappa shape index (κ1) is 18.4. The molecule has 0 aliphatic carbocycles. The summed E-state index contributed by atoms with van der Waals surface area (Å²) in [5.74, 6) is 1.35. The summed E-state index contributed by atoms with van der Waals surface area (Å²) in [7, 11) is 0. The van der Waals surface area contributed by atoms with E-state index < -0.39 is 0 Å². The first-order chi connectivity index (χ1) is 13.7. The fraction of sp³-hybridized carbons (Fsp3) is 0.227. The average molecular weight is 391 g/mol. The van der Waals surface area contributed by atoms with Gasteiger partial charge in [-0.25, -0.2) is 0 Å². The van der Waals surface area contributed by atoms with Crippen LogP contribution in [0.15, 0.2) is 53.3 Å². The Kier molecular flexibility index (Phi) is 5.21. The van der Waals surface area contributed by atoms with E-state index in [1.165, 1.54) is 21.4 Å². The third kappa shape index (κ3) is 3.68. The molecule has 0 aliphatic rings. The summed E-state index contributed by atoms with van der Waals surface area (Å²) in [5.41, 5.74) is 2.81. The molecule has 5 nitrogen and oxygen atoms in total. The number of hydrogen-bond donors (Lipinski definition) is 0. The van der Waals surface area contributed by atoms with Crippen molar-refractivity contribution in [2.24, 2.45) is 0 Å². The molecule has 0 saturated carbocycles. The summed E-state index contributed by atoms with van der Waals surface area (Å²) in [6, 6.07) is 15.7. The molecule has 0 N–H and O–H groups in total. The second kappa shape index (κ2) is 7.94. The minimum absolute atomic E-state index is 0.158. The van der Waals surface area contributed by atoms with Gasteiger partial charge < -0.3 is 4.74 Å². The van der Waals surface area contributed by atoms with Gasteiger partial charge in [0.05, 0.1) is 11.1 Å². The molecule has 0 amide bonds. The molecule has 4 rings (SSSR count). The van der Waals surface area contributed by atoms with E-state index in [0.29, 0.717) is 21.9 Å². The van der Waals surface area contributed by atoms with Crippen LogP contribution < -0.4 is 14.8 Å². The molecule has 6 heteroatoms. The summed E-state index contributed by atoms with van der Waals surface area (Å²) in [5, 5.41) is 4.41. The van der Waals surface area contributed by atoms with Crippen LogP contribution in [0.25, 0.3) is 22.4 Å². The zero-order valence-corrected chi connectivity index (χ0v) is 16.7. The number of hydrogen-bond acceptors (Lipinski definition) is 5. The molecule has 142 valence electrons. The van der Waals surface area contributed by atoms with Gasteiger partial charge in [-0.15, -0.1) is 5.10 Å². The highest BCUT2D eigenvalue weighted by Crippen LogP contribution is 2.20. The van der Waals surface area contributed by atoms with Crippen molar-refractivity contribution in [3.05, 3.63) is 74.5 Å². The number of benzene rings is 2. The van der Waals surface area contributed by atoms with Crippen molar-refractivity contribution in [1.29, 1.82) is 0 Å². The molecule has 0 bridgehead atoms. The summed E-state index contributed by atoms with van der Waals surface area (Å²) in [4.78, 5) is 17.9. The summed E-state index contributed by atoms with van der Waals surface area (Å²) in [6.07, 6.45) is 3.93. The molecule has 0 radical (unpaired) electrons. The van der Waals surface area contributed by atoms with Gasteiger partial charge >= 0.3 is 0 Å². The number of para-hydroxylation sites is 1. The Balaban J connectivity index is 1.71. The first-order valence-electron chi connectivity index (χ1n) is 9.36. The highest BCUT2D eigenvalue weighted by molar-refractivity contribution is 7.15. The normalized spacial score (nSPS) is 12.0. The van der Waals surface area contributed by atoms with Crippen molar-refractivity contribution < 1.29 is 4.74 Å². The van der Waals surface area contributed by atoms with Crippen LogP contribution in [0.4, 0.5) is 0 Å². The lowest BCUT2D eigenvalue weighted by atomic mass is 10.1. The predicted octanol–water partition coefficient (Wildman–Crippen LogP) is 3.85. The minimum atomic E-state index is -0.158. The SMILES string of the molecule is CCCCOc1ccccc1/C=c1\sc2nc(-c3ccc(C)cc3)nn2c1=O. The fourth-order valence-electron chi connectivity index (χ4n) is 2.86. The van der Waals surface area contributed by atoms with Gasteiger partial charge in [0.1, 0.15) is 5.75 Å². The molecule has 0 aliphatic heterocycles. The second-order valence-electron chi connectivity index (χ2n) is 6.65. The zero-order valence-electron chi connectivity index (χ0n) is 15.9. The van der Waals surface area contributed by atoms with E-state index in [2.05, 4.69) is 17.0 Å². The van der Waals surface area contributed by atoms with Crippen LogP contribution in [-0.2, 0) is 0 Å². The molecular formula is C22H21N3O2S. The van der Waals surface area contributed by atoms with Crippen LogP contribution >= 0.6 is 11.3 Å². The van der Waals surface area contributed by atoms with Gasteiger partial charge in [0.2, 0.25) is 4.96 Å². The number of ether oxygens (including phenoxy) is 1. The second-order valence-corrected chi connectivity index (χ2v) is 7.66. The van der Waals surface area contributed by atoms with Crippen molar-refractivity contribution in [3.63, 3.8) is 0 Å². The van der Waals surface area contributed by atoms with Crippen LogP contribution in [0.2, 0.25) is 0 Å². The van der Waals surface area contributed by atoms with Crippen molar-refractivity contribution in [2.45, 2.75) is 26.7 Å². The maximum atomic E-state index is 12.8. The van der Waals surface area contributed by atoms with E-state index >= 15 is 0 Å². The Hall–Kier alpha value is -2.99. The van der Waals surface area contributed by atoms with Crippen LogP contribution in [0.3, 0.4) is 0 Å².